The average Bonchev–Trinajstić information content (AvgIpc) is 2.71. The minimum absolute atomic E-state index is 0.00350. The maximum absolute atomic E-state index is 12.4. The van der Waals surface area contributed by atoms with E-state index in [4.69, 9.17) is 4.74 Å². The molecule has 2 heterocycles. The molecular formula is C21H26N4O3. The second-order valence-electron chi connectivity index (χ2n) is 7.05. The first-order valence-electron chi connectivity index (χ1n) is 9.58. The minimum Gasteiger partial charge on any atom is -0.484 e. The van der Waals surface area contributed by atoms with Crippen molar-refractivity contribution in [2.24, 2.45) is 0 Å². The maximum atomic E-state index is 12.4. The Balaban J connectivity index is 1.56. The molecule has 2 amide bonds. The quantitative estimate of drug-likeness (QED) is 0.859. The summed E-state index contributed by atoms with van der Waals surface area (Å²) in [5, 5.41) is 2.72. The van der Waals surface area contributed by atoms with Gasteiger partial charge in [-0.05, 0) is 69.9 Å². The lowest BCUT2D eigenvalue weighted by Crippen LogP contribution is -2.38. The summed E-state index contributed by atoms with van der Waals surface area (Å²) in [4.78, 5) is 35.0. The van der Waals surface area contributed by atoms with Crippen LogP contribution in [0, 0.1) is 20.8 Å². The first-order chi connectivity index (χ1) is 13.4. The number of carbonyl (C=O) groups excluding carboxylic acids is 2. The van der Waals surface area contributed by atoms with Crippen LogP contribution in [0.5, 0.6) is 5.75 Å². The number of aryl methyl sites for hydroxylation is 2. The predicted octanol–water partition coefficient (Wildman–Crippen LogP) is 3.05. The highest BCUT2D eigenvalue weighted by atomic mass is 16.5. The lowest BCUT2D eigenvalue weighted by Gasteiger charge is -2.26. The summed E-state index contributed by atoms with van der Waals surface area (Å²) in [5.74, 6) is 0.556. The van der Waals surface area contributed by atoms with Gasteiger partial charge in [-0.15, -0.1) is 0 Å². The zero-order chi connectivity index (χ0) is 20.1. The molecule has 0 aliphatic carbocycles. The van der Waals surface area contributed by atoms with Crippen molar-refractivity contribution in [1.29, 1.82) is 0 Å². The van der Waals surface area contributed by atoms with Gasteiger partial charge in [0.2, 0.25) is 5.95 Å². The number of rotatable bonds is 5. The zero-order valence-corrected chi connectivity index (χ0v) is 16.6. The van der Waals surface area contributed by atoms with Gasteiger partial charge in [0.25, 0.3) is 11.8 Å². The molecule has 1 aliphatic heterocycles. The summed E-state index contributed by atoms with van der Waals surface area (Å²) >= 11 is 0. The van der Waals surface area contributed by atoms with Crippen molar-refractivity contribution in [1.82, 2.24) is 14.9 Å². The van der Waals surface area contributed by atoms with Crippen molar-refractivity contribution in [3.63, 3.8) is 0 Å². The molecule has 7 nitrogen and oxygen atoms in total. The number of nitrogens with one attached hydrogen (secondary N) is 1. The van der Waals surface area contributed by atoms with Gasteiger partial charge in [-0.2, -0.15) is 0 Å². The molecule has 2 aromatic rings. The minimum atomic E-state index is -0.293. The number of benzene rings is 1. The molecule has 0 radical (unpaired) electrons. The molecular weight excluding hydrogens is 356 g/mol. The number of hydrogen-bond acceptors (Lipinski definition) is 5. The fourth-order valence-corrected chi connectivity index (χ4v) is 3.08. The largest absolute Gasteiger partial charge is 0.484 e. The molecule has 1 aromatic carbocycles. The Morgan fingerprint density at radius 1 is 1.00 bits per heavy atom. The molecule has 7 heteroatoms. The Hall–Kier alpha value is -2.96. The second-order valence-corrected chi connectivity index (χ2v) is 7.05. The Morgan fingerprint density at radius 2 is 1.61 bits per heavy atom. The molecule has 1 aromatic heterocycles. The average molecular weight is 382 g/mol. The van der Waals surface area contributed by atoms with Crippen LogP contribution < -0.4 is 10.1 Å². The van der Waals surface area contributed by atoms with Crippen LogP contribution in [0.3, 0.4) is 0 Å². The third-order valence-corrected chi connectivity index (χ3v) is 5.05. The summed E-state index contributed by atoms with van der Waals surface area (Å²) in [6.45, 7) is 7.35. The molecule has 3 rings (SSSR count). The van der Waals surface area contributed by atoms with Gasteiger partial charge in [-0.3, -0.25) is 14.9 Å². The Labute approximate surface area is 165 Å². The van der Waals surface area contributed by atoms with Gasteiger partial charge in [-0.1, -0.05) is 0 Å². The normalized spacial score (nSPS) is 13.9. The van der Waals surface area contributed by atoms with Crippen molar-refractivity contribution in [2.75, 3.05) is 25.0 Å². The van der Waals surface area contributed by atoms with Gasteiger partial charge in [0.15, 0.2) is 6.61 Å². The number of carbonyl (C=O) groups is 2. The van der Waals surface area contributed by atoms with Crippen LogP contribution in [0.15, 0.2) is 24.3 Å². The third kappa shape index (κ3) is 4.85. The van der Waals surface area contributed by atoms with E-state index in [0.29, 0.717) is 11.3 Å². The molecule has 0 saturated carbocycles. The van der Waals surface area contributed by atoms with E-state index in [0.717, 1.165) is 42.9 Å². The Bertz CT molecular complexity index is 835. The molecule has 1 fully saturated rings. The topological polar surface area (TPSA) is 84.4 Å². The van der Waals surface area contributed by atoms with Gasteiger partial charge >= 0.3 is 0 Å². The second kappa shape index (κ2) is 8.82. The van der Waals surface area contributed by atoms with Crippen LogP contribution in [0.25, 0.3) is 0 Å². The highest BCUT2D eigenvalue weighted by molar-refractivity contribution is 6.03. The first kappa shape index (κ1) is 19.8. The van der Waals surface area contributed by atoms with Crippen molar-refractivity contribution in [2.45, 2.75) is 40.0 Å². The van der Waals surface area contributed by atoms with E-state index in [1.165, 1.54) is 6.42 Å². The van der Waals surface area contributed by atoms with Crippen molar-refractivity contribution < 1.29 is 14.3 Å². The van der Waals surface area contributed by atoms with Gasteiger partial charge < -0.3 is 9.64 Å². The van der Waals surface area contributed by atoms with Crippen LogP contribution in [-0.2, 0) is 4.79 Å². The number of piperidine rings is 1. The molecule has 1 saturated heterocycles. The summed E-state index contributed by atoms with van der Waals surface area (Å²) in [7, 11) is 0. The number of ether oxygens (including phenoxy) is 1. The number of nitrogens with zero attached hydrogens (tertiary/aromatic N) is 3. The van der Waals surface area contributed by atoms with Crippen molar-refractivity contribution >= 4 is 17.8 Å². The summed E-state index contributed by atoms with van der Waals surface area (Å²) < 4.78 is 5.57. The molecule has 28 heavy (non-hydrogen) atoms. The number of aromatic nitrogens is 2. The number of amides is 2. The summed E-state index contributed by atoms with van der Waals surface area (Å²) in [6, 6.07) is 6.68. The number of anilines is 1. The summed E-state index contributed by atoms with van der Waals surface area (Å²) in [6.07, 6.45) is 3.29. The Morgan fingerprint density at radius 3 is 2.21 bits per heavy atom. The maximum Gasteiger partial charge on any atom is 0.260 e. The van der Waals surface area contributed by atoms with Crippen LogP contribution in [0.4, 0.5) is 5.95 Å². The molecule has 148 valence electrons. The van der Waals surface area contributed by atoms with Gasteiger partial charge in [0.05, 0.1) is 0 Å². The fourth-order valence-electron chi connectivity index (χ4n) is 3.08. The summed E-state index contributed by atoms with van der Waals surface area (Å²) in [5.41, 5.74) is 3.16. The van der Waals surface area contributed by atoms with E-state index in [1.807, 2.05) is 25.7 Å². The zero-order valence-electron chi connectivity index (χ0n) is 16.6. The lowest BCUT2D eigenvalue weighted by atomic mass is 10.1. The van der Waals surface area contributed by atoms with Crippen LogP contribution in [0.1, 0.15) is 46.6 Å². The standard InChI is InChI=1S/C21H26N4O3/c1-14-15(2)22-21(23-16(14)3)24-20(27)17-7-9-18(10-8-17)28-13-19(26)25-11-5-4-6-12-25/h7-10H,4-6,11-13H2,1-3H3,(H,22,23,24,27). The van der Waals surface area contributed by atoms with Crippen molar-refractivity contribution in [3.05, 3.63) is 46.8 Å². The van der Waals surface area contributed by atoms with Crippen LogP contribution in [-0.4, -0.2) is 46.4 Å². The van der Waals surface area contributed by atoms with E-state index in [-0.39, 0.29) is 24.4 Å². The molecule has 0 spiro atoms. The monoisotopic (exact) mass is 382 g/mol. The fraction of sp³-hybridized carbons (Fsp3) is 0.429. The van der Waals surface area contributed by atoms with Gasteiger partial charge in [0, 0.05) is 30.0 Å². The molecule has 0 unspecified atom stereocenters. The van der Waals surface area contributed by atoms with Gasteiger partial charge in [0.1, 0.15) is 5.75 Å². The predicted molar refractivity (Wildman–Crippen MR) is 107 cm³/mol. The number of likely N-dealkylation sites (tertiary alicyclic amines) is 1. The molecule has 0 bridgehead atoms. The van der Waals surface area contributed by atoms with E-state index < -0.39 is 0 Å². The Kier molecular flexibility index (Phi) is 6.23. The van der Waals surface area contributed by atoms with E-state index in [1.54, 1.807) is 24.3 Å². The lowest BCUT2D eigenvalue weighted by molar-refractivity contribution is -0.134. The smallest absolute Gasteiger partial charge is 0.260 e. The van der Waals surface area contributed by atoms with Crippen LogP contribution >= 0.6 is 0 Å². The SMILES string of the molecule is Cc1nc(NC(=O)c2ccc(OCC(=O)N3CCCCC3)cc2)nc(C)c1C. The van der Waals surface area contributed by atoms with Crippen LogP contribution in [0.2, 0.25) is 0 Å². The van der Waals surface area contributed by atoms with E-state index in [9.17, 15) is 9.59 Å². The molecule has 0 atom stereocenters. The van der Waals surface area contributed by atoms with Gasteiger partial charge in [-0.25, -0.2) is 9.97 Å². The molecule has 1 N–H and O–H groups in total. The van der Waals surface area contributed by atoms with Crippen molar-refractivity contribution in [3.8, 4) is 5.75 Å². The molecule has 1 aliphatic rings. The van der Waals surface area contributed by atoms with E-state index >= 15 is 0 Å². The first-order valence-corrected chi connectivity index (χ1v) is 9.58. The highest BCUT2D eigenvalue weighted by Crippen LogP contribution is 2.16. The number of hydrogen-bond donors (Lipinski definition) is 1. The van der Waals surface area contributed by atoms with E-state index in [2.05, 4.69) is 15.3 Å². The highest BCUT2D eigenvalue weighted by Gasteiger charge is 2.17. The third-order valence-electron chi connectivity index (χ3n) is 5.05.